The number of hydrogen-bond donors (Lipinski definition) is 2. The first-order valence-electron chi connectivity index (χ1n) is 6.26. The van der Waals surface area contributed by atoms with Crippen molar-refractivity contribution in [3.05, 3.63) is 0 Å². The SMILES string of the molecule is CC(C)C(N)C(=O)NCCC1CCCCO1. The van der Waals surface area contributed by atoms with E-state index in [-0.39, 0.29) is 11.8 Å². The van der Waals surface area contributed by atoms with Gasteiger partial charge in [0.25, 0.3) is 0 Å². The lowest BCUT2D eigenvalue weighted by Gasteiger charge is -2.23. The number of rotatable bonds is 5. The lowest BCUT2D eigenvalue weighted by Crippen LogP contribution is -2.44. The maximum Gasteiger partial charge on any atom is 0.237 e. The van der Waals surface area contributed by atoms with Crippen LogP contribution >= 0.6 is 0 Å². The van der Waals surface area contributed by atoms with Crippen molar-refractivity contribution >= 4 is 5.91 Å². The van der Waals surface area contributed by atoms with E-state index in [0.29, 0.717) is 12.6 Å². The average molecular weight is 228 g/mol. The zero-order valence-electron chi connectivity index (χ0n) is 10.4. The van der Waals surface area contributed by atoms with Crippen LogP contribution in [0.1, 0.15) is 39.5 Å². The summed E-state index contributed by atoms with van der Waals surface area (Å²) >= 11 is 0. The Hall–Kier alpha value is -0.610. The molecule has 1 fully saturated rings. The van der Waals surface area contributed by atoms with Crippen molar-refractivity contribution in [2.75, 3.05) is 13.2 Å². The van der Waals surface area contributed by atoms with Crippen LogP contribution in [0.4, 0.5) is 0 Å². The molecule has 0 saturated carbocycles. The van der Waals surface area contributed by atoms with E-state index >= 15 is 0 Å². The fourth-order valence-electron chi connectivity index (χ4n) is 1.81. The molecule has 2 atom stereocenters. The number of nitrogens with two attached hydrogens (primary N) is 1. The molecular formula is C12H24N2O2. The first kappa shape index (κ1) is 13.5. The molecule has 0 aromatic rings. The van der Waals surface area contributed by atoms with Gasteiger partial charge in [0.1, 0.15) is 0 Å². The molecule has 1 heterocycles. The summed E-state index contributed by atoms with van der Waals surface area (Å²) in [7, 11) is 0. The summed E-state index contributed by atoms with van der Waals surface area (Å²) in [6.45, 7) is 5.44. The topological polar surface area (TPSA) is 64.4 Å². The van der Waals surface area contributed by atoms with Crippen molar-refractivity contribution in [3.63, 3.8) is 0 Å². The average Bonchev–Trinajstić information content (AvgIpc) is 2.29. The molecule has 4 nitrogen and oxygen atoms in total. The molecule has 3 N–H and O–H groups in total. The van der Waals surface area contributed by atoms with Crippen LogP contribution in [0.5, 0.6) is 0 Å². The first-order valence-corrected chi connectivity index (χ1v) is 6.26. The molecule has 1 aliphatic heterocycles. The summed E-state index contributed by atoms with van der Waals surface area (Å²) in [4.78, 5) is 11.5. The predicted molar refractivity (Wildman–Crippen MR) is 64.0 cm³/mol. The second kappa shape index (κ2) is 6.86. The van der Waals surface area contributed by atoms with Gasteiger partial charge in [-0.1, -0.05) is 13.8 Å². The second-order valence-corrected chi connectivity index (χ2v) is 4.84. The predicted octanol–water partition coefficient (Wildman–Crippen LogP) is 1.05. The van der Waals surface area contributed by atoms with Gasteiger partial charge in [-0.2, -0.15) is 0 Å². The Morgan fingerprint density at radius 2 is 2.25 bits per heavy atom. The Kier molecular flexibility index (Phi) is 5.77. The van der Waals surface area contributed by atoms with E-state index in [2.05, 4.69) is 5.32 Å². The highest BCUT2D eigenvalue weighted by Crippen LogP contribution is 2.14. The molecule has 0 spiro atoms. The van der Waals surface area contributed by atoms with Crippen molar-refractivity contribution in [3.8, 4) is 0 Å². The zero-order chi connectivity index (χ0) is 12.0. The highest BCUT2D eigenvalue weighted by Gasteiger charge is 2.18. The zero-order valence-corrected chi connectivity index (χ0v) is 10.4. The number of carbonyl (C=O) groups excluding carboxylic acids is 1. The van der Waals surface area contributed by atoms with E-state index in [0.717, 1.165) is 19.4 Å². The van der Waals surface area contributed by atoms with E-state index < -0.39 is 6.04 Å². The molecular weight excluding hydrogens is 204 g/mol. The number of carbonyl (C=O) groups is 1. The number of amides is 1. The third-order valence-electron chi connectivity index (χ3n) is 3.06. The molecule has 2 unspecified atom stereocenters. The summed E-state index contributed by atoms with van der Waals surface area (Å²) in [5, 5.41) is 2.87. The van der Waals surface area contributed by atoms with E-state index in [9.17, 15) is 4.79 Å². The molecule has 1 amide bonds. The van der Waals surface area contributed by atoms with Gasteiger partial charge >= 0.3 is 0 Å². The standard InChI is InChI=1S/C12H24N2O2/c1-9(2)11(13)12(15)14-7-6-10-5-3-4-8-16-10/h9-11H,3-8,13H2,1-2H3,(H,14,15). The minimum Gasteiger partial charge on any atom is -0.378 e. The molecule has 0 aromatic heterocycles. The van der Waals surface area contributed by atoms with Gasteiger partial charge in [-0.15, -0.1) is 0 Å². The number of hydrogen-bond acceptors (Lipinski definition) is 3. The third-order valence-corrected chi connectivity index (χ3v) is 3.06. The molecule has 0 aromatic carbocycles. The molecule has 4 heteroatoms. The Labute approximate surface area is 97.9 Å². The van der Waals surface area contributed by atoms with Crippen molar-refractivity contribution in [1.29, 1.82) is 0 Å². The summed E-state index contributed by atoms with van der Waals surface area (Å²) in [6, 6.07) is -0.396. The second-order valence-electron chi connectivity index (χ2n) is 4.84. The van der Waals surface area contributed by atoms with Crippen LogP contribution in [0.25, 0.3) is 0 Å². The van der Waals surface area contributed by atoms with E-state index in [1.807, 2.05) is 13.8 Å². The minimum atomic E-state index is -0.396. The molecule has 1 rings (SSSR count). The first-order chi connectivity index (χ1) is 7.61. The van der Waals surface area contributed by atoms with Gasteiger partial charge in [0.05, 0.1) is 12.1 Å². The van der Waals surface area contributed by atoms with Crippen LogP contribution < -0.4 is 11.1 Å². The van der Waals surface area contributed by atoms with Crippen LogP contribution in [-0.2, 0) is 9.53 Å². The van der Waals surface area contributed by atoms with Gasteiger partial charge in [-0.25, -0.2) is 0 Å². The largest absolute Gasteiger partial charge is 0.378 e. The molecule has 16 heavy (non-hydrogen) atoms. The van der Waals surface area contributed by atoms with Crippen molar-refractivity contribution < 1.29 is 9.53 Å². The van der Waals surface area contributed by atoms with Gasteiger partial charge in [-0.05, 0) is 31.6 Å². The highest BCUT2D eigenvalue weighted by molar-refractivity contribution is 5.81. The maximum atomic E-state index is 11.5. The monoisotopic (exact) mass is 228 g/mol. The Balaban J connectivity index is 2.12. The van der Waals surface area contributed by atoms with Crippen LogP contribution in [-0.4, -0.2) is 31.2 Å². The Morgan fingerprint density at radius 3 is 2.81 bits per heavy atom. The van der Waals surface area contributed by atoms with Gasteiger partial charge < -0.3 is 15.8 Å². The molecule has 0 radical (unpaired) electrons. The van der Waals surface area contributed by atoms with Gasteiger partial charge in [0.2, 0.25) is 5.91 Å². The lowest BCUT2D eigenvalue weighted by atomic mass is 10.0. The van der Waals surface area contributed by atoms with Crippen LogP contribution in [0.2, 0.25) is 0 Å². The Bertz CT molecular complexity index is 213. The quantitative estimate of drug-likeness (QED) is 0.739. The normalized spacial score (nSPS) is 23.1. The van der Waals surface area contributed by atoms with E-state index in [4.69, 9.17) is 10.5 Å². The summed E-state index contributed by atoms with van der Waals surface area (Å²) in [5.74, 6) is 0.136. The fraction of sp³-hybridized carbons (Fsp3) is 0.917. The maximum absolute atomic E-state index is 11.5. The molecule has 94 valence electrons. The third kappa shape index (κ3) is 4.49. The summed E-state index contributed by atoms with van der Waals surface area (Å²) in [6.07, 6.45) is 4.75. The van der Waals surface area contributed by atoms with Gasteiger partial charge in [0, 0.05) is 13.2 Å². The van der Waals surface area contributed by atoms with Crippen LogP contribution in [0.15, 0.2) is 0 Å². The van der Waals surface area contributed by atoms with E-state index in [1.165, 1.54) is 12.8 Å². The molecule has 0 aliphatic carbocycles. The summed E-state index contributed by atoms with van der Waals surface area (Å²) in [5.41, 5.74) is 5.74. The van der Waals surface area contributed by atoms with Crippen molar-refractivity contribution in [1.82, 2.24) is 5.32 Å². The Morgan fingerprint density at radius 1 is 1.50 bits per heavy atom. The number of ether oxygens (including phenoxy) is 1. The van der Waals surface area contributed by atoms with Crippen molar-refractivity contribution in [2.45, 2.75) is 51.7 Å². The molecule has 0 bridgehead atoms. The lowest BCUT2D eigenvalue weighted by molar-refractivity contribution is -0.123. The fourth-order valence-corrected chi connectivity index (χ4v) is 1.81. The van der Waals surface area contributed by atoms with Gasteiger partial charge in [-0.3, -0.25) is 4.79 Å². The van der Waals surface area contributed by atoms with Gasteiger partial charge in [0.15, 0.2) is 0 Å². The molecule has 1 aliphatic rings. The van der Waals surface area contributed by atoms with Crippen molar-refractivity contribution in [2.24, 2.45) is 11.7 Å². The van der Waals surface area contributed by atoms with Crippen LogP contribution in [0.3, 0.4) is 0 Å². The highest BCUT2D eigenvalue weighted by atomic mass is 16.5. The number of nitrogens with one attached hydrogen (secondary N) is 1. The smallest absolute Gasteiger partial charge is 0.237 e. The minimum absolute atomic E-state index is 0.0502. The summed E-state index contributed by atoms with van der Waals surface area (Å²) < 4.78 is 5.59. The van der Waals surface area contributed by atoms with Crippen LogP contribution in [0, 0.1) is 5.92 Å². The molecule has 1 saturated heterocycles. The van der Waals surface area contributed by atoms with E-state index in [1.54, 1.807) is 0 Å².